The Labute approximate surface area is 81.2 Å². The quantitative estimate of drug-likeness (QED) is 0.593. The third-order valence-electron chi connectivity index (χ3n) is 4.24. The summed E-state index contributed by atoms with van der Waals surface area (Å²) in [5, 5.41) is 0. The van der Waals surface area contributed by atoms with Crippen LogP contribution in [0.4, 0.5) is 0 Å². The number of fused-ring (bicyclic) bond motifs is 2. The monoisotopic (exact) mass is 180 g/mol. The molecule has 2 atom stereocenters. The summed E-state index contributed by atoms with van der Waals surface area (Å²) in [7, 11) is 0. The molecule has 2 aliphatic rings. The van der Waals surface area contributed by atoms with E-state index in [1.54, 1.807) is 0 Å². The number of ether oxygens (including phenoxy) is 1. The molecule has 2 unspecified atom stereocenters. The average Bonchev–Trinajstić information content (AvgIpc) is 2.55. The number of hydrogen-bond acceptors (Lipinski definition) is 1. The molecule has 0 amide bonds. The van der Waals surface area contributed by atoms with Gasteiger partial charge in [-0.3, -0.25) is 0 Å². The first kappa shape index (κ1) is 9.26. The van der Waals surface area contributed by atoms with Crippen molar-refractivity contribution in [1.29, 1.82) is 0 Å². The fourth-order valence-electron chi connectivity index (χ4n) is 3.23. The molecule has 0 aromatic rings. The van der Waals surface area contributed by atoms with Crippen LogP contribution in [0, 0.1) is 11.3 Å². The zero-order chi connectivity index (χ0) is 9.69. The van der Waals surface area contributed by atoms with Crippen molar-refractivity contribution in [3.05, 3.63) is 12.2 Å². The highest BCUT2D eigenvalue weighted by molar-refractivity contribution is 5.32. The van der Waals surface area contributed by atoms with Crippen LogP contribution in [0.15, 0.2) is 12.2 Å². The first-order valence-corrected chi connectivity index (χ1v) is 5.37. The molecule has 0 N–H and O–H groups in total. The van der Waals surface area contributed by atoms with Crippen molar-refractivity contribution in [3.63, 3.8) is 0 Å². The lowest BCUT2D eigenvalue weighted by Crippen LogP contribution is -2.34. The van der Waals surface area contributed by atoms with Gasteiger partial charge in [0.2, 0.25) is 0 Å². The summed E-state index contributed by atoms with van der Waals surface area (Å²) < 4.78 is 5.93. The maximum absolute atomic E-state index is 5.93. The highest BCUT2D eigenvalue weighted by Crippen LogP contribution is 2.61. The molecule has 2 fully saturated rings. The number of hydrogen-bond donors (Lipinski definition) is 0. The van der Waals surface area contributed by atoms with Gasteiger partial charge in [-0.2, -0.15) is 0 Å². The summed E-state index contributed by atoms with van der Waals surface area (Å²) in [6, 6.07) is 0. The van der Waals surface area contributed by atoms with Crippen LogP contribution >= 0.6 is 0 Å². The Morgan fingerprint density at radius 2 is 2.23 bits per heavy atom. The highest BCUT2D eigenvalue weighted by atomic mass is 16.5. The van der Waals surface area contributed by atoms with Crippen molar-refractivity contribution >= 4 is 0 Å². The van der Waals surface area contributed by atoms with Gasteiger partial charge in [0.15, 0.2) is 0 Å². The fourth-order valence-corrected chi connectivity index (χ4v) is 3.23. The van der Waals surface area contributed by atoms with Crippen LogP contribution in [0.1, 0.15) is 40.0 Å². The maximum Gasteiger partial charge on any atom is 0.0897 e. The van der Waals surface area contributed by atoms with Gasteiger partial charge in [0.25, 0.3) is 0 Å². The van der Waals surface area contributed by atoms with E-state index in [0.29, 0.717) is 5.41 Å². The molecule has 0 aliphatic heterocycles. The van der Waals surface area contributed by atoms with Gasteiger partial charge >= 0.3 is 0 Å². The molecule has 0 aromatic heterocycles. The fraction of sp³-hybridized carbons (Fsp3) is 0.833. The van der Waals surface area contributed by atoms with Gasteiger partial charge in [0.1, 0.15) is 0 Å². The largest absolute Gasteiger partial charge is 0.371 e. The predicted molar refractivity (Wildman–Crippen MR) is 54.6 cm³/mol. The molecule has 2 bridgehead atoms. The minimum atomic E-state index is 0.0584. The smallest absolute Gasteiger partial charge is 0.0897 e. The molecule has 2 saturated carbocycles. The predicted octanol–water partition coefficient (Wildman–Crippen LogP) is 3.16. The van der Waals surface area contributed by atoms with E-state index in [-0.39, 0.29) is 5.60 Å². The molecule has 2 rings (SSSR count). The van der Waals surface area contributed by atoms with Crippen molar-refractivity contribution in [2.75, 3.05) is 6.61 Å². The van der Waals surface area contributed by atoms with Gasteiger partial charge in [-0.25, -0.2) is 0 Å². The molecule has 74 valence electrons. The van der Waals surface area contributed by atoms with Crippen LogP contribution in [0.2, 0.25) is 0 Å². The van der Waals surface area contributed by atoms with Crippen LogP contribution in [0.5, 0.6) is 0 Å². The summed E-state index contributed by atoms with van der Waals surface area (Å²) in [5.74, 6) is 0.812. The zero-order valence-corrected chi connectivity index (χ0v) is 9.02. The van der Waals surface area contributed by atoms with Gasteiger partial charge in [-0.15, -0.1) is 0 Å². The molecule has 0 heterocycles. The normalized spacial score (nSPS) is 41.5. The molecule has 0 saturated heterocycles. The summed E-state index contributed by atoms with van der Waals surface area (Å²) >= 11 is 0. The Morgan fingerprint density at radius 3 is 2.69 bits per heavy atom. The lowest BCUT2D eigenvalue weighted by Gasteiger charge is -2.37. The van der Waals surface area contributed by atoms with Crippen molar-refractivity contribution in [2.45, 2.75) is 45.6 Å². The summed E-state index contributed by atoms with van der Waals surface area (Å²) in [6.07, 6.45) is 3.74. The molecule has 1 nitrogen and oxygen atoms in total. The topological polar surface area (TPSA) is 9.23 Å². The van der Waals surface area contributed by atoms with E-state index in [2.05, 4.69) is 27.4 Å². The molecule has 13 heavy (non-hydrogen) atoms. The average molecular weight is 180 g/mol. The maximum atomic E-state index is 5.93. The SMILES string of the molecule is C=C1C2(OCC)CCC(C2)C1(C)C. The minimum absolute atomic E-state index is 0.0584. The zero-order valence-electron chi connectivity index (χ0n) is 9.02. The van der Waals surface area contributed by atoms with Crippen LogP contribution in [-0.2, 0) is 4.74 Å². The molecular formula is C12H20O. The minimum Gasteiger partial charge on any atom is -0.371 e. The second kappa shape index (κ2) is 2.60. The van der Waals surface area contributed by atoms with Crippen LogP contribution in [-0.4, -0.2) is 12.2 Å². The summed E-state index contributed by atoms with van der Waals surface area (Å²) in [4.78, 5) is 0. The molecule has 0 aromatic carbocycles. The van der Waals surface area contributed by atoms with E-state index in [1.165, 1.54) is 24.8 Å². The van der Waals surface area contributed by atoms with E-state index >= 15 is 0 Å². The summed E-state index contributed by atoms with van der Waals surface area (Å²) in [5.41, 5.74) is 1.72. The molecule has 1 heteroatoms. The Hall–Kier alpha value is -0.300. The van der Waals surface area contributed by atoms with Crippen molar-refractivity contribution in [3.8, 4) is 0 Å². The Balaban J connectivity index is 2.29. The third kappa shape index (κ3) is 1.03. The van der Waals surface area contributed by atoms with Gasteiger partial charge in [-0.1, -0.05) is 20.4 Å². The first-order valence-electron chi connectivity index (χ1n) is 5.37. The van der Waals surface area contributed by atoms with E-state index in [0.717, 1.165) is 12.5 Å². The molecule has 0 spiro atoms. The summed E-state index contributed by atoms with van der Waals surface area (Å²) in [6.45, 7) is 11.8. The van der Waals surface area contributed by atoms with E-state index in [4.69, 9.17) is 4.74 Å². The lowest BCUT2D eigenvalue weighted by molar-refractivity contribution is -0.00378. The van der Waals surface area contributed by atoms with E-state index in [9.17, 15) is 0 Å². The molecule has 0 radical (unpaired) electrons. The van der Waals surface area contributed by atoms with E-state index in [1.807, 2.05) is 0 Å². The second-order valence-corrected chi connectivity index (χ2v) is 5.07. The highest BCUT2D eigenvalue weighted by Gasteiger charge is 2.57. The van der Waals surface area contributed by atoms with Crippen LogP contribution in [0.25, 0.3) is 0 Å². The van der Waals surface area contributed by atoms with Crippen LogP contribution < -0.4 is 0 Å². The van der Waals surface area contributed by atoms with Crippen molar-refractivity contribution in [1.82, 2.24) is 0 Å². The lowest BCUT2D eigenvalue weighted by atomic mass is 9.72. The van der Waals surface area contributed by atoms with Gasteiger partial charge in [0.05, 0.1) is 5.60 Å². The Morgan fingerprint density at radius 1 is 1.54 bits per heavy atom. The van der Waals surface area contributed by atoms with Gasteiger partial charge in [0, 0.05) is 6.61 Å². The molecular weight excluding hydrogens is 160 g/mol. The Bertz CT molecular complexity index is 242. The third-order valence-corrected chi connectivity index (χ3v) is 4.24. The van der Waals surface area contributed by atoms with Gasteiger partial charge < -0.3 is 4.74 Å². The van der Waals surface area contributed by atoms with Crippen LogP contribution in [0.3, 0.4) is 0 Å². The Kier molecular flexibility index (Phi) is 1.85. The van der Waals surface area contributed by atoms with E-state index < -0.39 is 0 Å². The standard InChI is InChI=1S/C12H20O/c1-5-13-12-7-6-10(8-12)11(3,4)9(12)2/h10H,2,5-8H2,1,3-4H3. The molecule has 2 aliphatic carbocycles. The van der Waals surface area contributed by atoms with Crippen molar-refractivity contribution < 1.29 is 4.74 Å². The first-order chi connectivity index (χ1) is 6.03. The van der Waals surface area contributed by atoms with Crippen molar-refractivity contribution in [2.24, 2.45) is 11.3 Å². The van der Waals surface area contributed by atoms with Gasteiger partial charge in [-0.05, 0) is 43.1 Å². The number of rotatable bonds is 2. The second-order valence-electron chi connectivity index (χ2n) is 5.07.